The van der Waals surface area contributed by atoms with Crippen molar-refractivity contribution in [2.24, 2.45) is 0 Å². The number of benzene rings is 2. The van der Waals surface area contributed by atoms with Crippen LogP contribution in [-0.4, -0.2) is 83.6 Å². The Kier molecular flexibility index (Phi) is 7.70. The molecule has 2 aliphatic rings. The summed E-state index contributed by atoms with van der Waals surface area (Å²) in [5.74, 6) is -3.35. The molecule has 2 aliphatic heterocycles. The first-order valence-electron chi connectivity index (χ1n) is 12.8. The number of nitrogens with zero attached hydrogens (tertiary/aromatic N) is 3. The molecule has 8 nitrogen and oxygen atoms in total. The number of anilines is 1. The van der Waals surface area contributed by atoms with Gasteiger partial charge in [-0.05, 0) is 18.2 Å². The summed E-state index contributed by atoms with van der Waals surface area (Å²) in [4.78, 5) is 35.2. The van der Waals surface area contributed by atoms with Crippen LogP contribution < -0.4 is 10.1 Å². The Labute approximate surface area is 229 Å². The molecule has 1 aromatic heterocycles. The molecule has 0 bridgehead atoms. The molecule has 1 atom stereocenters. The summed E-state index contributed by atoms with van der Waals surface area (Å²) < 4.78 is 33.1. The van der Waals surface area contributed by atoms with E-state index in [1.807, 2.05) is 24.3 Å². The van der Waals surface area contributed by atoms with E-state index in [9.17, 15) is 18.4 Å². The van der Waals surface area contributed by atoms with E-state index in [0.29, 0.717) is 22.0 Å². The highest BCUT2D eigenvalue weighted by Gasteiger charge is 2.47. The Morgan fingerprint density at radius 1 is 1.13 bits per heavy atom. The summed E-state index contributed by atoms with van der Waals surface area (Å²) in [6.07, 6.45) is 3.40. The minimum Gasteiger partial charge on any atom is -0.493 e. The zero-order valence-electron chi connectivity index (χ0n) is 21.2. The topological polar surface area (TPSA) is 95.0 Å². The first kappa shape index (κ1) is 27.2. The molecule has 3 aromatic rings. The Morgan fingerprint density at radius 2 is 1.90 bits per heavy atom. The summed E-state index contributed by atoms with van der Waals surface area (Å²) in [7, 11) is 0. The lowest BCUT2D eigenvalue weighted by Crippen LogP contribution is -2.54. The smallest absolute Gasteiger partial charge is 0.283 e. The monoisotopic (exact) mass is 558 g/mol. The number of piperazine rings is 1. The number of hydrogen-bond acceptors (Lipinski definition) is 6. The fraction of sp³-hybridized carbons (Fsp3) is 0.393. The summed E-state index contributed by atoms with van der Waals surface area (Å²) in [6.45, 7) is -0.594. The summed E-state index contributed by atoms with van der Waals surface area (Å²) in [6, 6.07) is 12.6. The summed E-state index contributed by atoms with van der Waals surface area (Å²) in [5.41, 5.74) is -0.215. The Balaban J connectivity index is 1.42. The van der Waals surface area contributed by atoms with Crippen molar-refractivity contribution in [1.82, 2.24) is 14.8 Å². The third-order valence-corrected chi connectivity index (χ3v) is 7.69. The average Bonchev–Trinajstić information content (AvgIpc) is 2.93. The van der Waals surface area contributed by atoms with E-state index in [2.05, 4.69) is 10.3 Å². The lowest BCUT2D eigenvalue weighted by Gasteiger charge is -2.40. The highest BCUT2D eigenvalue weighted by atomic mass is 35.5. The van der Waals surface area contributed by atoms with Gasteiger partial charge in [0.25, 0.3) is 5.92 Å². The van der Waals surface area contributed by atoms with Gasteiger partial charge in [-0.2, -0.15) is 0 Å². The molecule has 0 aliphatic carbocycles. The zero-order valence-corrected chi connectivity index (χ0v) is 22.0. The number of pyridine rings is 1. The van der Waals surface area contributed by atoms with Crippen LogP contribution in [0, 0.1) is 0 Å². The van der Waals surface area contributed by atoms with Crippen LogP contribution in [0.15, 0.2) is 54.9 Å². The van der Waals surface area contributed by atoms with E-state index in [0.717, 1.165) is 10.8 Å². The lowest BCUT2D eigenvalue weighted by molar-refractivity contribution is -0.139. The number of halogens is 3. The maximum atomic E-state index is 14.1. The number of fused-ring (bicyclic) bond motifs is 2. The molecule has 2 amide bonds. The highest BCUT2D eigenvalue weighted by molar-refractivity contribution is 6.30. The number of carbonyl (C=O) groups excluding carboxylic acids is 2. The van der Waals surface area contributed by atoms with E-state index >= 15 is 0 Å². The number of rotatable bonds is 7. The summed E-state index contributed by atoms with van der Waals surface area (Å²) in [5, 5.41) is 14.0. The minimum absolute atomic E-state index is 0.138. The predicted octanol–water partition coefficient (Wildman–Crippen LogP) is 3.71. The number of ether oxygens (including phenoxy) is 1. The maximum absolute atomic E-state index is 14.1. The number of alkyl halides is 2. The van der Waals surface area contributed by atoms with Gasteiger partial charge in [0.2, 0.25) is 11.8 Å². The van der Waals surface area contributed by atoms with Crippen molar-refractivity contribution < 1.29 is 28.2 Å². The van der Waals surface area contributed by atoms with Crippen LogP contribution in [0.4, 0.5) is 14.5 Å². The number of amides is 2. The van der Waals surface area contributed by atoms with Gasteiger partial charge >= 0.3 is 0 Å². The van der Waals surface area contributed by atoms with Crippen LogP contribution in [0.25, 0.3) is 10.8 Å². The van der Waals surface area contributed by atoms with E-state index in [4.69, 9.17) is 21.4 Å². The van der Waals surface area contributed by atoms with Gasteiger partial charge in [-0.15, -0.1) is 0 Å². The minimum atomic E-state index is -3.20. The molecule has 5 rings (SSSR count). The first-order valence-corrected chi connectivity index (χ1v) is 13.1. The molecule has 2 N–H and O–H groups in total. The van der Waals surface area contributed by atoms with E-state index < -0.39 is 24.5 Å². The fourth-order valence-corrected chi connectivity index (χ4v) is 5.50. The standard InChI is InChI=1S/C28H29ClF2N4O4/c29-20-5-6-24-22(13-20)27(7-12-39-24,26(38)33-23-16-32-15-19-3-1-2-4-21(19)23)14-25(37)35-10-8-34(9-11-35)17-28(30,31)18-36/h1-6,13,15-16,36H,7-12,14,17-18H2,(H,33,38)/t27-/m0/s1. The molecule has 1 saturated heterocycles. The number of hydrogen-bond donors (Lipinski definition) is 2. The van der Waals surface area contributed by atoms with E-state index in [1.54, 1.807) is 35.5 Å². The van der Waals surface area contributed by atoms with Gasteiger partial charge in [0.15, 0.2) is 0 Å². The number of aliphatic hydroxyl groups is 1. The molecular formula is C28H29ClF2N4O4. The number of aliphatic hydroxyl groups excluding tert-OH is 1. The third-order valence-electron chi connectivity index (χ3n) is 7.46. The predicted molar refractivity (Wildman–Crippen MR) is 143 cm³/mol. The van der Waals surface area contributed by atoms with Crippen molar-refractivity contribution in [3.63, 3.8) is 0 Å². The van der Waals surface area contributed by atoms with Crippen molar-refractivity contribution in [1.29, 1.82) is 0 Å². The molecule has 1 fully saturated rings. The van der Waals surface area contributed by atoms with Crippen LogP contribution in [0.5, 0.6) is 5.75 Å². The second kappa shape index (κ2) is 11.0. The van der Waals surface area contributed by atoms with Gasteiger partial charge in [0.05, 0.1) is 30.5 Å². The molecule has 0 spiro atoms. The second-order valence-electron chi connectivity index (χ2n) is 10.0. The second-order valence-corrected chi connectivity index (χ2v) is 10.5. The highest BCUT2D eigenvalue weighted by Crippen LogP contribution is 2.44. The normalized spacial score (nSPS) is 19.8. The molecule has 0 unspecified atom stereocenters. The largest absolute Gasteiger partial charge is 0.493 e. The third kappa shape index (κ3) is 5.68. The molecule has 0 radical (unpaired) electrons. The molecule has 11 heteroatoms. The first-order chi connectivity index (χ1) is 18.7. The van der Waals surface area contributed by atoms with Gasteiger partial charge < -0.3 is 20.1 Å². The van der Waals surface area contributed by atoms with Crippen molar-refractivity contribution in [3.05, 3.63) is 65.4 Å². The molecule has 0 saturated carbocycles. The quantitative estimate of drug-likeness (QED) is 0.459. The number of nitrogens with one attached hydrogen (secondary N) is 1. The Morgan fingerprint density at radius 3 is 2.67 bits per heavy atom. The number of aromatic nitrogens is 1. The zero-order chi connectivity index (χ0) is 27.6. The van der Waals surface area contributed by atoms with Crippen molar-refractivity contribution in [3.8, 4) is 5.75 Å². The van der Waals surface area contributed by atoms with Crippen molar-refractivity contribution >= 4 is 39.9 Å². The fourth-order valence-electron chi connectivity index (χ4n) is 5.33. The van der Waals surface area contributed by atoms with Crippen molar-refractivity contribution in [2.45, 2.75) is 24.2 Å². The van der Waals surface area contributed by atoms with Gasteiger partial charge in [0.1, 0.15) is 12.4 Å². The van der Waals surface area contributed by atoms with Gasteiger partial charge in [0, 0.05) is 66.6 Å². The molecule has 206 valence electrons. The van der Waals surface area contributed by atoms with Gasteiger partial charge in [-0.25, -0.2) is 8.78 Å². The van der Waals surface area contributed by atoms with E-state index in [-0.39, 0.29) is 57.4 Å². The molecule has 2 aromatic carbocycles. The molecule has 39 heavy (non-hydrogen) atoms. The van der Waals surface area contributed by atoms with Crippen LogP contribution in [0.3, 0.4) is 0 Å². The SMILES string of the molecule is O=C(C[C@@]1(C(=O)Nc2cncc3ccccc23)CCOc2ccc(Cl)cc21)N1CCN(CC(F)(F)CO)CC1. The Bertz CT molecular complexity index is 1380. The van der Waals surface area contributed by atoms with Crippen LogP contribution in [0.2, 0.25) is 5.02 Å². The number of carbonyl (C=O) groups is 2. The lowest BCUT2D eigenvalue weighted by atomic mass is 9.72. The van der Waals surface area contributed by atoms with E-state index in [1.165, 1.54) is 4.90 Å². The van der Waals surface area contributed by atoms with Gasteiger partial charge in [-0.3, -0.25) is 19.5 Å². The van der Waals surface area contributed by atoms with Crippen LogP contribution >= 0.6 is 11.6 Å². The van der Waals surface area contributed by atoms with Crippen LogP contribution in [0.1, 0.15) is 18.4 Å². The molecule has 3 heterocycles. The average molecular weight is 559 g/mol. The van der Waals surface area contributed by atoms with Crippen molar-refractivity contribution in [2.75, 3.05) is 51.3 Å². The summed E-state index contributed by atoms with van der Waals surface area (Å²) >= 11 is 6.34. The maximum Gasteiger partial charge on any atom is 0.283 e. The Hall–Kier alpha value is -3.34. The van der Waals surface area contributed by atoms with Crippen LogP contribution in [-0.2, 0) is 15.0 Å². The van der Waals surface area contributed by atoms with Gasteiger partial charge in [-0.1, -0.05) is 35.9 Å². The molecular weight excluding hydrogens is 530 g/mol.